The van der Waals surface area contributed by atoms with E-state index in [-0.39, 0.29) is 34.6 Å². The summed E-state index contributed by atoms with van der Waals surface area (Å²) in [7, 11) is -6.05. The number of hydrogen-bond acceptors (Lipinski definition) is 6. The smallest absolute Gasteiger partial charge is 0.337 e. The molecule has 0 amide bonds. The van der Waals surface area contributed by atoms with E-state index < -0.39 is 26.0 Å². The fraction of sp³-hybridized carbons (Fsp3) is 0.500. The molecule has 1 fully saturated rings. The molecule has 1 saturated heterocycles. The Morgan fingerprint density at radius 3 is 2.36 bits per heavy atom. The molecule has 1 aliphatic heterocycles. The molecule has 1 aromatic rings. The quantitative estimate of drug-likeness (QED) is 0.720. The molecule has 1 aromatic carbocycles. The SMILES string of the molecule is COC(=O)c1ccc(Cl)c(S(=O)(=O)N2CCC(NS(C)(=O)=O)CC2)c1. The number of piperidine rings is 1. The van der Waals surface area contributed by atoms with Crippen molar-refractivity contribution in [2.75, 3.05) is 26.5 Å². The second-order valence-corrected chi connectivity index (χ2v) is 9.80. The van der Waals surface area contributed by atoms with Crippen LogP contribution in [0.1, 0.15) is 23.2 Å². The second kappa shape index (κ2) is 7.58. The first-order chi connectivity index (χ1) is 11.5. The van der Waals surface area contributed by atoms with Gasteiger partial charge in [0.25, 0.3) is 0 Å². The van der Waals surface area contributed by atoms with Crippen molar-refractivity contribution in [2.24, 2.45) is 0 Å². The highest BCUT2D eigenvalue weighted by Gasteiger charge is 2.32. The van der Waals surface area contributed by atoms with Gasteiger partial charge in [0.1, 0.15) is 4.90 Å². The Balaban J connectivity index is 2.21. The molecule has 0 atom stereocenters. The number of esters is 1. The van der Waals surface area contributed by atoms with Crippen LogP contribution < -0.4 is 4.72 Å². The van der Waals surface area contributed by atoms with E-state index in [2.05, 4.69) is 9.46 Å². The zero-order chi connectivity index (χ0) is 18.8. The van der Waals surface area contributed by atoms with E-state index in [1.165, 1.54) is 29.6 Å². The summed E-state index contributed by atoms with van der Waals surface area (Å²) in [5.74, 6) is -0.663. The molecule has 25 heavy (non-hydrogen) atoms. The van der Waals surface area contributed by atoms with E-state index in [0.29, 0.717) is 12.8 Å². The number of methoxy groups -OCH3 is 1. The molecule has 11 heteroatoms. The third-order valence-electron chi connectivity index (χ3n) is 3.80. The zero-order valence-corrected chi connectivity index (χ0v) is 16.1. The van der Waals surface area contributed by atoms with Crippen LogP contribution in [0, 0.1) is 0 Å². The first kappa shape index (κ1) is 20.1. The monoisotopic (exact) mass is 410 g/mol. The number of nitrogens with one attached hydrogen (secondary N) is 1. The molecular weight excluding hydrogens is 392 g/mol. The van der Waals surface area contributed by atoms with Gasteiger partial charge < -0.3 is 4.74 Å². The summed E-state index contributed by atoms with van der Waals surface area (Å²) >= 11 is 6.01. The Hall–Kier alpha value is -1.20. The van der Waals surface area contributed by atoms with Gasteiger partial charge in [-0.05, 0) is 31.0 Å². The minimum atomic E-state index is -3.91. The lowest BCUT2D eigenvalue weighted by atomic mass is 10.1. The van der Waals surface area contributed by atoms with Crippen LogP contribution in [0.5, 0.6) is 0 Å². The van der Waals surface area contributed by atoms with Gasteiger partial charge in [0.15, 0.2) is 0 Å². The molecule has 0 spiro atoms. The number of carbonyl (C=O) groups excluding carboxylic acids is 1. The van der Waals surface area contributed by atoms with Crippen molar-refractivity contribution in [1.82, 2.24) is 9.03 Å². The lowest BCUT2D eigenvalue weighted by molar-refractivity contribution is 0.0600. The van der Waals surface area contributed by atoms with Gasteiger partial charge in [0, 0.05) is 19.1 Å². The third-order valence-corrected chi connectivity index (χ3v) is 6.95. The summed E-state index contributed by atoms with van der Waals surface area (Å²) in [5.41, 5.74) is 0.0825. The average Bonchev–Trinajstić information content (AvgIpc) is 2.53. The maximum atomic E-state index is 12.8. The van der Waals surface area contributed by atoms with Crippen molar-refractivity contribution in [3.05, 3.63) is 28.8 Å². The topological polar surface area (TPSA) is 110 Å². The van der Waals surface area contributed by atoms with Crippen molar-refractivity contribution in [1.29, 1.82) is 0 Å². The van der Waals surface area contributed by atoms with Gasteiger partial charge >= 0.3 is 5.97 Å². The molecule has 0 radical (unpaired) electrons. The number of hydrogen-bond donors (Lipinski definition) is 1. The van der Waals surface area contributed by atoms with Crippen LogP contribution in [-0.2, 0) is 24.8 Å². The molecule has 1 heterocycles. The second-order valence-electron chi connectivity index (χ2n) is 5.71. The van der Waals surface area contributed by atoms with Crippen molar-refractivity contribution in [3.8, 4) is 0 Å². The van der Waals surface area contributed by atoms with Crippen LogP contribution in [0.15, 0.2) is 23.1 Å². The van der Waals surface area contributed by atoms with Gasteiger partial charge in [0.05, 0.1) is 24.0 Å². The van der Waals surface area contributed by atoms with Crippen LogP contribution in [-0.4, -0.2) is 59.6 Å². The average molecular weight is 411 g/mol. The predicted octanol–water partition coefficient (Wildman–Crippen LogP) is 0.829. The fourth-order valence-electron chi connectivity index (χ4n) is 2.60. The van der Waals surface area contributed by atoms with Crippen LogP contribution >= 0.6 is 11.6 Å². The molecule has 1 N–H and O–H groups in total. The summed E-state index contributed by atoms with van der Waals surface area (Å²) in [6.45, 7) is 0.294. The molecule has 0 aromatic heterocycles. The van der Waals surface area contributed by atoms with E-state index in [4.69, 9.17) is 11.6 Å². The molecular formula is C14H19ClN2O6S2. The van der Waals surface area contributed by atoms with Crippen molar-refractivity contribution in [3.63, 3.8) is 0 Å². The first-order valence-corrected chi connectivity index (χ1v) is 11.1. The summed E-state index contributed by atoms with van der Waals surface area (Å²) in [6.07, 6.45) is 1.76. The van der Waals surface area contributed by atoms with Crippen LogP contribution in [0.4, 0.5) is 0 Å². The molecule has 0 aliphatic carbocycles. The van der Waals surface area contributed by atoms with Gasteiger partial charge in [0.2, 0.25) is 20.0 Å². The van der Waals surface area contributed by atoms with E-state index >= 15 is 0 Å². The Bertz CT molecular complexity index is 861. The van der Waals surface area contributed by atoms with Crippen LogP contribution in [0.2, 0.25) is 5.02 Å². The number of carbonyl (C=O) groups is 1. The Labute approximate surface area is 152 Å². The molecule has 2 rings (SSSR count). The lowest BCUT2D eigenvalue weighted by Crippen LogP contribution is -2.46. The number of rotatable bonds is 5. The molecule has 140 valence electrons. The molecule has 0 saturated carbocycles. The largest absolute Gasteiger partial charge is 0.465 e. The zero-order valence-electron chi connectivity index (χ0n) is 13.7. The number of ether oxygens (including phenoxy) is 1. The third kappa shape index (κ3) is 4.91. The summed E-state index contributed by atoms with van der Waals surface area (Å²) in [4.78, 5) is 11.4. The van der Waals surface area contributed by atoms with E-state index in [1.807, 2.05) is 0 Å². The molecule has 8 nitrogen and oxygen atoms in total. The highest BCUT2D eigenvalue weighted by Crippen LogP contribution is 2.28. The Kier molecular flexibility index (Phi) is 6.10. The van der Waals surface area contributed by atoms with Gasteiger partial charge in [-0.1, -0.05) is 11.6 Å². The standard InChI is InChI=1S/C14H19ClN2O6S2/c1-23-14(18)10-3-4-12(15)13(9-10)25(21,22)17-7-5-11(6-8-17)16-24(2,19)20/h3-4,9,11,16H,5-8H2,1-2H3. The highest BCUT2D eigenvalue weighted by molar-refractivity contribution is 7.89. The number of halogens is 1. The maximum absolute atomic E-state index is 12.8. The van der Waals surface area contributed by atoms with Crippen molar-refractivity contribution < 1.29 is 26.4 Å². The van der Waals surface area contributed by atoms with Crippen LogP contribution in [0.25, 0.3) is 0 Å². The summed E-state index contributed by atoms with van der Waals surface area (Å²) < 4.78 is 56.5. The van der Waals surface area contributed by atoms with E-state index in [0.717, 1.165) is 6.26 Å². The van der Waals surface area contributed by atoms with Crippen molar-refractivity contribution >= 4 is 37.6 Å². The lowest BCUT2D eigenvalue weighted by Gasteiger charge is -2.31. The summed E-state index contributed by atoms with van der Waals surface area (Å²) in [5, 5.41) is 0.00374. The normalized spacial score (nSPS) is 17.4. The van der Waals surface area contributed by atoms with Gasteiger partial charge in [-0.25, -0.2) is 26.4 Å². The predicted molar refractivity (Wildman–Crippen MR) is 92.6 cm³/mol. The number of nitrogens with zero attached hydrogens (tertiary/aromatic N) is 1. The fourth-order valence-corrected chi connectivity index (χ4v) is 5.41. The molecule has 1 aliphatic rings. The number of benzene rings is 1. The number of sulfonamides is 2. The highest BCUT2D eigenvalue weighted by atomic mass is 35.5. The molecule has 0 bridgehead atoms. The summed E-state index contributed by atoms with van der Waals surface area (Å²) in [6, 6.07) is 3.59. The van der Waals surface area contributed by atoms with E-state index in [9.17, 15) is 21.6 Å². The van der Waals surface area contributed by atoms with E-state index in [1.54, 1.807) is 0 Å². The van der Waals surface area contributed by atoms with Gasteiger partial charge in [-0.15, -0.1) is 0 Å². The Morgan fingerprint density at radius 1 is 1.24 bits per heavy atom. The minimum Gasteiger partial charge on any atom is -0.465 e. The van der Waals surface area contributed by atoms with Crippen LogP contribution in [0.3, 0.4) is 0 Å². The van der Waals surface area contributed by atoms with Crippen molar-refractivity contribution in [2.45, 2.75) is 23.8 Å². The maximum Gasteiger partial charge on any atom is 0.337 e. The van der Waals surface area contributed by atoms with Gasteiger partial charge in [-0.3, -0.25) is 0 Å². The minimum absolute atomic E-state index is 0.00374. The first-order valence-electron chi connectivity index (χ1n) is 7.40. The Morgan fingerprint density at radius 2 is 1.84 bits per heavy atom. The molecule has 0 unspecified atom stereocenters. The van der Waals surface area contributed by atoms with Gasteiger partial charge in [-0.2, -0.15) is 4.31 Å².